The topological polar surface area (TPSA) is 110 Å². The van der Waals surface area contributed by atoms with E-state index in [1.165, 1.54) is 11.8 Å². The Bertz CT molecular complexity index is 766. The average molecular weight is 378 g/mol. The van der Waals surface area contributed by atoms with E-state index in [1.54, 1.807) is 4.68 Å². The van der Waals surface area contributed by atoms with Crippen LogP contribution < -0.4 is 5.32 Å². The molecule has 1 aliphatic rings. The van der Waals surface area contributed by atoms with Crippen molar-refractivity contribution in [2.75, 3.05) is 24.6 Å². The van der Waals surface area contributed by atoms with E-state index in [0.29, 0.717) is 5.16 Å². The molecule has 2 heterocycles. The first kappa shape index (κ1) is 17.4. The predicted molar refractivity (Wildman–Crippen MR) is 92.5 cm³/mol. The summed E-state index contributed by atoms with van der Waals surface area (Å²) in [5, 5.41) is 14.4. The minimum Gasteiger partial charge on any atom is -0.354 e. The van der Waals surface area contributed by atoms with Crippen LogP contribution in [0.1, 0.15) is 0 Å². The lowest BCUT2D eigenvalue weighted by atomic mass is 10.3. The Morgan fingerprint density at radius 2 is 2.08 bits per heavy atom. The lowest BCUT2D eigenvalue weighted by molar-refractivity contribution is -0.125. The molecule has 25 heavy (non-hydrogen) atoms. The fourth-order valence-corrected chi connectivity index (χ4v) is 3.56. The van der Waals surface area contributed by atoms with Gasteiger partial charge in [0.15, 0.2) is 0 Å². The smallest absolute Gasteiger partial charge is 0.288 e. The molecule has 0 radical (unpaired) electrons. The Morgan fingerprint density at radius 3 is 2.80 bits per heavy atom. The number of thioether (sulfide) groups is 2. The maximum atomic E-state index is 11.9. The summed E-state index contributed by atoms with van der Waals surface area (Å²) in [5.74, 6) is -0.144. The number of nitrogens with one attached hydrogen (secondary N) is 1. The van der Waals surface area contributed by atoms with Gasteiger partial charge in [0, 0.05) is 13.1 Å². The van der Waals surface area contributed by atoms with Crippen molar-refractivity contribution in [2.24, 2.45) is 0 Å². The molecule has 1 saturated heterocycles. The molecule has 0 bridgehead atoms. The molecule has 1 aromatic carbocycles. The Morgan fingerprint density at radius 1 is 1.28 bits per heavy atom. The van der Waals surface area contributed by atoms with Gasteiger partial charge in [-0.2, -0.15) is 4.68 Å². The van der Waals surface area contributed by atoms with Crippen LogP contribution in [0, 0.1) is 0 Å². The van der Waals surface area contributed by atoms with Crippen LogP contribution in [0.2, 0.25) is 0 Å². The van der Waals surface area contributed by atoms with Gasteiger partial charge in [-0.3, -0.25) is 19.3 Å². The number of hydrogen-bond acceptors (Lipinski definition) is 8. The highest BCUT2D eigenvalue weighted by molar-refractivity contribution is 8.14. The first-order chi connectivity index (χ1) is 12.1. The normalized spacial score (nSPS) is 14.2. The maximum Gasteiger partial charge on any atom is 0.288 e. The van der Waals surface area contributed by atoms with Crippen LogP contribution in [0.4, 0.5) is 4.79 Å². The first-order valence-electron chi connectivity index (χ1n) is 7.35. The molecule has 9 nitrogen and oxygen atoms in total. The molecule has 1 aromatic heterocycles. The second kappa shape index (κ2) is 8.12. The van der Waals surface area contributed by atoms with Gasteiger partial charge >= 0.3 is 0 Å². The molecule has 0 unspecified atom stereocenters. The zero-order chi connectivity index (χ0) is 17.6. The van der Waals surface area contributed by atoms with E-state index < -0.39 is 0 Å². The molecule has 2 aromatic rings. The number of nitrogens with zero attached hydrogens (tertiary/aromatic N) is 5. The average Bonchev–Trinajstić information content (AvgIpc) is 3.22. The molecule has 1 aliphatic heterocycles. The summed E-state index contributed by atoms with van der Waals surface area (Å²) in [4.78, 5) is 36.0. The zero-order valence-electron chi connectivity index (χ0n) is 13.0. The van der Waals surface area contributed by atoms with Crippen molar-refractivity contribution in [3.63, 3.8) is 0 Å². The van der Waals surface area contributed by atoms with Crippen molar-refractivity contribution >= 4 is 40.6 Å². The number of aromatic nitrogens is 4. The molecule has 130 valence electrons. The van der Waals surface area contributed by atoms with Gasteiger partial charge in [0.25, 0.3) is 5.24 Å². The van der Waals surface area contributed by atoms with Crippen molar-refractivity contribution in [3.05, 3.63) is 30.3 Å². The molecular weight excluding hydrogens is 364 g/mol. The van der Waals surface area contributed by atoms with Gasteiger partial charge in [0.1, 0.15) is 0 Å². The van der Waals surface area contributed by atoms with Crippen LogP contribution in [0.3, 0.4) is 0 Å². The summed E-state index contributed by atoms with van der Waals surface area (Å²) in [6.45, 7) is 0.407. The van der Waals surface area contributed by atoms with Crippen molar-refractivity contribution < 1.29 is 14.4 Å². The van der Waals surface area contributed by atoms with Gasteiger partial charge in [-0.15, -0.1) is 5.10 Å². The first-order valence-corrected chi connectivity index (χ1v) is 9.32. The highest BCUT2D eigenvalue weighted by atomic mass is 32.2. The SMILES string of the molecule is O=C(CSc1nnnn1-c1ccccc1)NCCN1C(=O)CSC1=O. The van der Waals surface area contributed by atoms with Crippen LogP contribution in [-0.4, -0.2) is 66.8 Å². The Labute approximate surface area is 151 Å². The second-order valence-electron chi connectivity index (χ2n) is 4.95. The third kappa shape index (κ3) is 4.37. The van der Waals surface area contributed by atoms with E-state index >= 15 is 0 Å². The minimum absolute atomic E-state index is 0.129. The van der Waals surface area contributed by atoms with E-state index in [4.69, 9.17) is 0 Å². The van der Waals surface area contributed by atoms with Crippen LogP contribution in [-0.2, 0) is 9.59 Å². The zero-order valence-corrected chi connectivity index (χ0v) is 14.6. The molecule has 3 amide bonds. The van der Waals surface area contributed by atoms with Gasteiger partial charge < -0.3 is 5.32 Å². The van der Waals surface area contributed by atoms with Crippen molar-refractivity contribution in [3.8, 4) is 5.69 Å². The number of benzene rings is 1. The monoisotopic (exact) mass is 378 g/mol. The van der Waals surface area contributed by atoms with Crippen molar-refractivity contribution in [1.82, 2.24) is 30.4 Å². The van der Waals surface area contributed by atoms with E-state index in [0.717, 1.165) is 22.3 Å². The molecule has 0 atom stereocenters. The molecule has 0 saturated carbocycles. The number of carbonyl (C=O) groups excluding carboxylic acids is 3. The third-order valence-corrected chi connectivity index (χ3v) is 5.05. The van der Waals surface area contributed by atoms with Gasteiger partial charge in [0.05, 0.1) is 17.2 Å². The van der Waals surface area contributed by atoms with Crippen LogP contribution in [0.25, 0.3) is 5.69 Å². The van der Waals surface area contributed by atoms with Crippen LogP contribution >= 0.6 is 23.5 Å². The standard InChI is InChI=1S/C14H14N6O3S2/c21-11(15-6-7-19-12(22)9-25-14(19)23)8-24-13-16-17-18-20(13)10-4-2-1-3-5-10/h1-5H,6-9H2,(H,15,21). The fourth-order valence-electron chi connectivity index (χ4n) is 2.09. The Balaban J connectivity index is 1.46. The minimum atomic E-state index is -0.268. The number of amides is 3. The number of tetrazole rings is 1. The molecular formula is C14H14N6O3S2. The van der Waals surface area contributed by atoms with Crippen LogP contribution in [0.5, 0.6) is 0 Å². The molecule has 0 spiro atoms. The fraction of sp³-hybridized carbons (Fsp3) is 0.286. The molecule has 0 aliphatic carbocycles. The van der Waals surface area contributed by atoms with Gasteiger partial charge in [-0.25, -0.2) is 0 Å². The second-order valence-corrected chi connectivity index (χ2v) is 6.82. The lowest BCUT2D eigenvalue weighted by Crippen LogP contribution is -2.38. The van der Waals surface area contributed by atoms with Crippen molar-refractivity contribution in [2.45, 2.75) is 5.16 Å². The highest BCUT2D eigenvalue weighted by Crippen LogP contribution is 2.18. The Hall–Kier alpha value is -2.40. The quantitative estimate of drug-likeness (QED) is 0.696. The number of rotatable bonds is 7. The molecule has 1 N–H and O–H groups in total. The summed E-state index contributed by atoms with van der Waals surface area (Å²) in [6.07, 6.45) is 0. The number of carbonyl (C=O) groups is 3. The summed E-state index contributed by atoms with van der Waals surface area (Å²) >= 11 is 2.18. The maximum absolute atomic E-state index is 11.9. The number of imide groups is 1. The molecule has 3 rings (SSSR count). The van der Waals surface area contributed by atoms with E-state index in [-0.39, 0.29) is 41.6 Å². The molecule has 1 fully saturated rings. The highest BCUT2D eigenvalue weighted by Gasteiger charge is 2.29. The van der Waals surface area contributed by atoms with Crippen molar-refractivity contribution in [1.29, 1.82) is 0 Å². The predicted octanol–water partition coefficient (Wildman–Crippen LogP) is 0.566. The van der Waals surface area contributed by atoms with Crippen LogP contribution in [0.15, 0.2) is 35.5 Å². The number of para-hydroxylation sites is 1. The van der Waals surface area contributed by atoms with E-state index in [1.807, 2.05) is 30.3 Å². The lowest BCUT2D eigenvalue weighted by Gasteiger charge is -2.12. The largest absolute Gasteiger partial charge is 0.354 e. The van der Waals surface area contributed by atoms with Gasteiger partial charge in [0.2, 0.25) is 17.0 Å². The number of hydrogen-bond donors (Lipinski definition) is 1. The van der Waals surface area contributed by atoms with E-state index in [2.05, 4.69) is 20.8 Å². The van der Waals surface area contributed by atoms with Gasteiger partial charge in [-0.1, -0.05) is 41.7 Å². The molecule has 11 heteroatoms. The summed E-state index contributed by atoms with van der Waals surface area (Å²) in [7, 11) is 0. The van der Waals surface area contributed by atoms with Gasteiger partial charge in [-0.05, 0) is 22.6 Å². The third-order valence-electron chi connectivity index (χ3n) is 3.27. The Kier molecular flexibility index (Phi) is 5.66. The van der Waals surface area contributed by atoms with E-state index in [9.17, 15) is 14.4 Å². The summed E-state index contributed by atoms with van der Waals surface area (Å²) in [5.41, 5.74) is 0.805. The summed E-state index contributed by atoms with van der Waals surface area (Å²) < 4.78 is 1.55. The summed E-state index contributed by atoms with van der Waals surface area (Å²) in [6, 6.07) is 9.36.